The summed E-state index contributed by atoms with van der Waals surface area (Å²) in [7, 11) is 1.56. The van der Waals surface area contributed by atoms with E-state index in [4.69, 9.17) is 5.73 Å². The number of primary amides is 1. The van der Waals surface area contributed by atoms with Crippen molar-refractivity contribution in [2.75, 3.05) is 12.4 Å². The minimum atomic E-state index is -0.689. The zero-order valence-electron chi connectivity index (χ0n) is 13.7. The Kier molecular flexibility index (Phi) is 6.53. The Balaban J connectivity index is 2.08. The van der Waals surface area contributed by atoms with Crippen LogP contribution in [0.2, 0.25) is 0 Å². The number of nitrogens with one attached hydrogen (secondary N) is 3. The molecule has 2 aromatic rings. The number of carbonyl (C=O) groups excluding carboxylic acids is 3. The molecule has 0 aliphatic carbocycles. The van der Waals surface area contributed by atoms with Crippen molar-refractivity contribution in [2.24, 2.45) is 5.73 Å². The lowest BCUT2D eigenvalue weighted by Crippen LogP contribution is -2.35. The van der Waals surface area contributed by atoms with Crippen molar-refractivity contribution < 1.29 is 14.4 Å². The van der Waals surface area contributed by atoms with Gasteiger partial charge in [0, 0.05) is 17.6 Å². The second-order valence-corrected chi connectivity index (χ2v) is 6.32. The SMILES string of the molecule is CNC(=O)Cc1ccccc1NC(=O)C[C@H](NC(N)=O)c1cccs1. The zero-order chi connectivity index (χ0) is 18.2. The second-order valence-electron chi connectivity index (χ2n) is 5.34. The van der Waals surface area contributed by atoms with Gasteiger partial charge in [-0.1, -0.05) is 24.3 Å². The molecule has 1 aromatic heterocycles. The Bertz CT molecular complexity index is 746. The summed E-state index contributed by atoms with van der Waals surface area (Å²) < 4.78 is 0. The van der Waals surface area contributed by atoms with Crippen LogP contribution < -0.4 is 21.7 Å². The van der Waals surface area contributed by atoms with E-state index in [9.17, 15) is 14.4 Å². The lowest BCUT2D eigenvalue weighted by atomic mass is 10.1. The van der Waals surface area contributed by atoms with Crippen LogP contribution in [0.4, 0.5) is 10.5 Å². The minimum absolute atomic E-state index is 0.0394. The van der Waals surface area contributed by atoms with Crippen LogP contribution in [-0.2, 0) is 16.0 Å². The van der Waals surface area contributed by atoms with Gasteiger partial charge in [0.15, 0.2) is 0 Å². The van der Waals surface area contributed by atoms with E-state index in [1.54, 1.807) is 31.3 Å². The summed E-state index contributed by atoms with van der Waals surface area (Å²) in [5, 5.41) is 9.80. The van der Waals surface area contributed by atoms with Crippen LogP contribution >= 0.6 is 11.3 Å². The smallest absolute Gasteiger partial charge is 0.312 e. The molecule has 5 N–H and O–H groups in total. The van der Waals surface area contributed by atoms with Gasteiger partial charge in [-0.05, 0) is 23.1 Å². The summed E-state index contributed by atoms with van der Waals surface area (Å²) in [6.07, 6.45) is 0.207. The summed E-state index contributed by atoms with van der Waals surface area (Å²) in [4.78, 5) is 36.0. The maximum absolute atomic E-state index is 12.4. The van der Waals surface area contributed by atoms with Crippen molar-refractivity contribution in [3.05, 3.63) is 52.2 Å². The van der Waals surface area contributed by atoms with Crippen LogP contribution in [0.3, 0.4) is 0 Å². The van der Waals surface area contributed by atoms with Crippen molar-refractivity contribution in [1.29, 1.82) is 0 Å². The van der Waals surface area contributed by atoms with Gasteiger partial charge in [-0.15, -0.1) is 11.3 Å². The maximum atomic E-state index is 12.4. The second kappa shape index (κ2) is 8.84. The van der Waals surface area contributed by atoms with Crippen LogP contribution in [0.25, 0.3) is 0 Å². The summed E-state index contributed by atoms with van der Waals surface area (Å²) in [5.41, 5.74) is 6.48. The van der Waals surface area contributed by atoms with Gasteiger partial charge in [0.1, 0.15) is 0 Å². The van der Waals surface area contributed by atoms with Crippen LogP contribution in [0.1, 0.15) is 22.9 Å². The fraction of sp³-hybridized carbons (Fsp3) is 0.235. The number of para-hydroxylation sites is 1. The molecule has 4 amide bonds. The van der Waals surface area contributed by atoms with Crippen LogP contribution in [0, 0.1) is 0 Å². The highest BCUT2D eigenvalue weighted by molar-refractivity contribution is 7.10. The van der Waals surface area contributed by atoms with Gasteiger partial charge < -0.3 is 21.7 Å². The molecule has 132 valence electrons. The third-order valence-electron chi connectivity index (χ3n) is 3.51. The highest BCUT2D eigenvalue weighted by Gasteiger charge is 2.19. The summed E-state index contributed by atoms with van der Waals surface area (Å²) in [6.45, 7) is 0. The molecule has 0 saturated heterocycles. The number of carbonyl (C=O) groups is 3. The number of nitrogens with two attached hydrogens (primary N) is 1. The average molecular weight is 360 g/mol. The topological polar surface area (TPSA) is 113 Å². The summed E-state index contributed by atoms with van der Waals surface area (Å²) in [6, 6.07) is 9.58. The van der Waals surface area contributed by atoms with Crippen molar-refractivity contribution >= 4 is 34.9 Å². The van der Waals surface area contributed by atoms with E-state index >= 15 is 0 Å². The number of amides is 4. The molecule has 7 nitrogen and oxygen atoms in total. The normalized spacial score (nSPS) is 11.4. The van der Waals surface area contributed by atoms with Crippen molar-refractivity contribution in [3.8, 4) is 0 Å². The van der Waals surface area contributed by atoms with Gasteiger partial charge in [-0.25, -0.2) is 4.79 Å². The van der Waals surface area contributed by atoms with Crippen molar-refractivity contribution in [1.82, 2.24) is 10.6 Å². The Morgan fingerprint density at radius 1 is 1.12 bits per heavy atom. The van der Waals surface area contributed by atoms with Crippen molar-refractivity contribution in [2.45, 2.75) is 18.9 Å². The molecule has 1 aromatic carbocycles. The van der Waals surface area contributed by atoms with Gasteiger partial charge in [0.2, 0.25) is 11.8 Å². The largest absolute Gasteiger partial charge is 0.359 e. The molecule has 0 radical (unpaired) electrons. The quantitative estimate of drug-likeness (QED) is 0.603. The highest BCUT2D eigenvalue weighted by atomic mass is 32.1. The van der Waals surface area contributed by atoms with Gasteiger partial charge in [-0.3, -0.25) is 9.59 Å². The molecule has 8 heteroatoms. The molecule has 1 heterocycles. The molecule has 0 saturated carbocycles. The van der Waals surface area contributed by atoms with Crippen LogP contribution in [-0.4, -0.2) is 24.9 Å². The van der Waals surface area contributed by atoms with E-state index in [0.29, 0.717) is 11.3 Å². The van der Waals surface area contributed by atoms with Gasteiger partial charge in [0.25, 0.3) is 0 Å². The van der Waals surface area contributed by atoms with E-state index in [2.05, 4.69) is 16.0 Å². The van der Waals surface area contributed by atoms with E-state index in [1.165, 1.54) is 11.3 Å². The van der Waals surface area contributed by atoms with Gasteiger partial charge >= 0.3 is 6.03 Å². The molecular formula is C17H20N4O3S. The highest BCUT2D eigenvalue weighted by Crippen LogP contribution is 2.23. The summed E-state index contributed by atoms with van der Waals surface area (Å²) >= 11 is 1.43. The maximum Gasteiger partial charge on any atom is 0.312 e. The lowest BCUT2D eigenvalue weighted by Gasteiger charge is -2.17. The fourth-order valence-corrected chi connectivity index (χ4v) is 3.11. The minimum Gasteiger partial charge on any atom is -0.359 e. The molecule has 1 atom stereocenters. The number of anilines is 1. The number of likely N-dealkylation sites (N-methyl/N-ethyl adjacent to an activating group) is 1. The molecule has 0 spiro atoms. The fourth-order valence-electron chi connectivity index (χ4n) is 2.33. The number of rotatable bonds is 7. The number of thiophene rings is 1. The lowest BCUT2D eigenvalue weighted by molar-refractivity contribution is -0.120. The third kappa shape index (κ3) is 5.61. The zero-order valence-corrected chi connectivity index (χ0v) is 14.6. The third-order valence-corrected chi connectivity index (χ3v) is 4.50. The number of hydrogen-bond donors (Lipinski definition) is 4. The Labute approximate surface area is 149 Å². The predicted molar refractivity (Wildman–Crippen MR) is 97.2 cm³/mol. The molecule has 0 fully saturated rings. The molecule has 2 rings (SSSR count). The number of urea groups is 1. The average Bonchev–Trinajstić information content (AvgIpc) is 3.10. The van der Waals surface area contributed by atoms with E-state index in [0.717, 1.165) is 4.88 Å². The molecule has 0 aliphatic heterocycles. The van der Waals surface area contributed by atoms with E-state index in [-0.39, 0.29) is 24.7 Å². The van der Waals surface area contributed by atoms with Gasteiger partial charge in [0.05, 0.1) is 18.9 Å². The van der Waals surface area contributed by atoms with Crippen molar-refractivity contribution in [3.63, 3.8) is 0 Å². The molecular weight excluding hydrogens is 340 g/mol. The standard InChI is InChI=1S/C17H20N4O3S/c1-19-15(22)9-11-5-2-3-6-12(11)20-16(23)10-13(21-17(18)24)14-7-4-8-25-14/h2-8,13H,9-10H2,1H3,(H,19,22)(H,20,23)(H3,18,21,24)/t13-/m0/s1. The van der Waals surface area contributed by atoms with Crippen LogP contribution in [0.15, 0.2) is 41.8 Å². The predicted octanol–water partition coefficient (Wildman–Crippen LogP) is 1.77. The first kappa shape index (κ1) is 18.5. The molecule has 0 bridgehead atoms. The van der Waals surface area contributed by atoms with Crippen LogP contribution in [0.5, 0.6) is 0 Å². The Morgan fingerprint density at radius 2 is 1.88 bits per heavy atom. The van der Waals surface area contributed by atoms with E-state index < -0.39 is 12.1 Å². The molecule has 0 aliphatic rings. The van der Waals surface area contributed by atoms with E-state index in [1.807, 2.05) is 17.5 Å². The Hall–Kier alpha value is -2.87. The monoisotopic (exact) mass is 360 g/mol. The first-order chi connectivity index (χ1) is 12.0. The number of benzene rings is 1. The first-order valence-corrected chi connectivity index (χ1v) is 8.55. The first-order valence-electron chi connectivity index (χ1n) is 7.67. The molecule has 0 unspecified atom stereocenters. The molecule has 25 heavy (non-hydrogen) atoms. The van der Waals surface area contributed by atoms with Gasteiger partial charge in [-0.2, -0.15) is 0 Å². The summed E-state index contributed by atoms with van der Waals surface area (Å²) in [5.74, 6) is -0.426. The number of hydrogen-bond acceptors (Lipinski definition) is 4. The Morgan fingerprint density at radius 3 is 2.52 bits per heavy atom.